The number of nitrogens with one attached hydrogen (secondary N) is 1. The summed E-state index contributed by atoms with van der Waals surface area (Å²) in [7, 11) is 3.87. The Morgan fingerprint density at radius 2 is 1.95 bits per heavy atom. The molecule has 1 fully saturated rings. The van der Waals surface area contributed by atoms with Crippen molar-refractivity contribution in [1.82, 2.24) is 39.3 Å². The molecule has 13 nitrogen and oxygen atoms in total. The lowest BCUT2D eigenvalue weighted by atomic mass is 10.1. The summed E-state index contributed by atoms with van der Waals surface area (Å²) in [6.45, 7) is 6.26. The topological polar surface area (TPSA) is 143 Å². The van der Waals surface area contributed by atoms with Crippen molar-refractivity contribution >= 4 is 44.9 Å². The summed E-state index contributed by atoms with van der Waals surface area (Å²) in [5.74, 6) is 0.270. The van der Waals surface area contributed by atoms with E-state index in [9.17, 15) is 9.59 Å². The van der Waals surface area contributed by atoms with Gasteiger partial charge >= 0.3 is 4.87 Å². The second kappa shape index (κ2) is 11.7. The molecular weight excluding hydrogens is 575 g/mol. The smallest absolute Gasteiger partial charge is 0.309 e. The van der Waals surface area contributed by atoms with Crippen molar-refractivity contribution in [2.75, 3.05) is 64.0 Å². The number of benzene rings is 1. The van der Waals surface area contributed by atoms with Crippen LogP contribution in [0.1, 0.15) is 17.3 Å². The number of anilines is 2. The Labute approximate surface area is 250 Å². The molecule has 1 atom stereocenters. The fourth-order valence-corrected chi connectivity index (χ4v) is 6.33. The van der Waals surface area contributed by atoms with Gasteiger partial charge in [-0.15, -0.1) is 5.10 Å². The van der Waals surface area contributed by atoms with Crippen molar-refractivity contribution in [3.05, 3.63) is 57.6 Å². The Kier molecular flexibility index (Phi) is 7.85. The number of furan rings is 1. The zero-order chi connectivity index (χ0) is 30.2. The number of rotatable bonds is 9. The molecule has 1 aromatic carbocycles. The number of likely N-dealkylation sites (N-methyl/N-ethyl adjacent to an activating group) is 1. The Morgan fingerprint density at radius 1 is 1.16 bits per heavy atom. The number of carbonyl (C=O) groups excluding carboxylic acids is 1. The van der Waals surface area contributed by atoms with Gasteiger partial charge in [0.05, 0.1) is 12.0 Å². The van der Waals surface area contributed by atoms with Crippen molar-refractivity contribution in [2.24, 2.45) is 0 Å². The maximum absolute atomic E-state index is 15.1. The molecule has 43 heavy (non-hydrogen) atoms. The van der Waals surface area contributed by atoms with Gasteiger partial charge in [-0.1, -0.05) is 11.3 Å². The second-order valence-electron chi connectivity index (χ2n) is 10.9. The normalized spacial score (nSPS) is 15.1. The van der Waals surface area contributed by atoms with E-state index in [4.69, 9.17) is 10.2 Å². The average molecular weight is 609 g/mol. The summed E-state index contributed by atoms with van der Waals surface area (Å²) < 4.78 is 24.1. The number of fused-ring (bicyclic) bond motifs is 3. The van der Waals surface area contributed by atoms with Crippen LogP contribution in [-0.4, -0.2) is 99.3 Å². The number of nitrogen functional groups attached to an aromatic ring is 1. The molecule has 0 spiro atoms. The molecule has 0 aliphatic carbocycles. The van der Waals surface area contributed by atoms with E-state index >= 15 is 4.39 Å². The number of thiazole rings is 1. The Morgan fingerprint density at radius 3 is 2.65 bits per heavy atom. The minimum Gasteiger partial charge on any atom is -0.461 e. The molecule has 1 aliphatic heterocycles. The van der Waals surface area contributed by atoms with E-state index in [0.29, 0.717) is 84.6 Å². The minimum atomic E-state index is -0.420. The highest BCUT2D eigenvalue weighted by Gasteiger charge is 2.23. The summed E-state index contributed by atoms with van der Waals surface area (Å²) in [6, 6.07) is 8.08. The maximum atomic E-state index is 15.1. The number of hydrogen-bond acceptors (Lipinski definition) is 11. The van der Waals surface area contributed by atoms with E-state index in [2.05, 4.69) is 25.3 Å². The van der Waals surface area contributed by atoms with Gasteiger partial charge in [0.15, 0.2) is 17.1 Å². The van der Waals surface area contributed by atoms with Crippen LogP contribution in [0, 0.1) is 5.82 Å². The third-order valence-corrected chi connectivity index (χ3v) is 8.40. The number of carbonyl (C=O) groups is 1. The van der Waals surface area contributed by atoms with E-state index < -0.39 is 5.82 Å². The first kappa shape index (κ1) is 28.8. The molecule has 15 heteroatoms. The van der Waals surface area contributed by atoms with Crippen LogP contribution in [-0.2, 0) is 6.54 Å². The first-order valence-electron chi connectivity index (χ1n) is 14.0. The van der Waals surface area contributed by atoms with Crippen molar-refractivity contribution in [3.63, 3.8) is 0 Å². The zero-order valence-corrected chi connectivity index (χ0v) is 25.0. The van der Waals surface area contributed by atoms with E-state index in [1.807, 2.05) is 30.8 Å². The standard InChI is InChI=1S/C28H33FN10O3S/c1-17(16-35(2)3)31-26(40)18-6-7-20(19(29)15-18)37-11-8-36(9-12-37)10-13-38-24-22(43-28(38)41)25-32-23(21-5-4-14-42-21)34-39(25)27(30)33-24/h4-7,14-15,17H,8-13,16H2,1-3H3,(H2,30,33)(H,31,40). The number of piperazine rings is 1. The van der Waals surface area contributed by atoms with Gasteiger partial charge in [-0.2, -0.15) is 9.50 Å². The fourth-order valence-electron chi connectivity index (χ4n) is 5.39. The number of nitrogens with two attached hydrogens (primary N) is 1. The number of aromatic nitrogens is 5. The Bertz CT molecular complexity index is 1820. The van der Waals surface area contributed by atoms with Crippen molar-refractivity contribution in [2.45, 2.75) is 19.5 Å². The van der Waals surface area contributed by atoms with E-state index in [1.165, 1.54) is 16.8 Å². The monoisotopic (exact) mass is 608 g/mol. The molecule has 0 saturated carbocycles. The predicted molar refractivity (Wildman–Crippen MR) is 163 cm³/mol. The molecule has 3 N–H and O–H groups in total. The number of hydrogen-bond donors (Lipinski definition) is 2. The molecule has 0 radical (unpaired) electrons. The summed E-state index contributed by atoms with van der Waals surface area (Å²) in [5, 5.41) is 7.30. The Balaban J connectivity index is 1.10. The third-order valence-electron chi connectivity index (χ3n) is 7.44. The molecule has 6 rings (SSSR count). The van der Waals surface area contributed by atoms with Crippen LogP contribution in [0.5, 0.6) is 0 Å². The van der Waals surface area contributed by atoms with E-state index in [-0.39, 0.29) is 22.8 Å². The van der Waals surface area contributed by atoms with Gasteiger partial charge in [0.25, 0.3) is 5.91 Å². The molecule has 5 heterocycles. The fraction of sp³-hybridized carbons (Fsp3) is 0.393. The van der Waals surface area contributed by atoms with Crippen LogP contribution in [0.2, 0.25) is 0 Å². The average Bonchev–Trinajstić information content (AvgIpc) is 3.71. The number of amides is 1. The van der Waals surface area contributed by atoms with Gasteiger partial charge in [-0.3, -0.25) is 19.1 Å². The molecule has 1 aliphatic rings. The SMILES string of the molecule is CC(CN(C)C)NC(=O)c1ccc(N2CCN(CCn3c(=O)sc4c3nc(N)n3nc(-c5ccco5)nc43)CC2)c(F)c1. The lowest BCUT2D eigenvalue weighted by Gasteiger charge is -2.36. The molecule has 5 aromatic rings. The lowest BCUT2D eigenvalue weighted by Crippen LogP contribution is -2.47. The first-order valence-corrected chi connectivity index (χ1v) is 14.8. The summed E-state index contributed by atoms with van der Waals surface area (Å²) in [6.07, 6.45) is 1.54. The van der Waals surface area contributed by atoms with Crippen LogP contribution in [0.4, 0.5) is 16.0 Å². The molecule has 4 aromatic heterocycles. The van der Waals surface area contributed by atoms with E-state index in [1.54, 1.807) is 28.8 Å². The molecule has 1 amide bonds. The minimum absolute atomic E-state index is 0.0572. The Hall–Kier alpha value is -4.34. The van der Waals surface area contributed by atoms with E-state index in [0.717, 1.165) is 11.3 Å². The van der Waals surface area contributed by atoms with Crippen LogP contribution in [0.3, 0.4) is 0 Å². The molecule has 1 unspecified atom stereocenters. The van der Waals surface area contributed by atoms with Crippen LogP contribution in [0.25, 0.3) is 27.6 Å². The third kappa shape index (κ3) is 5.83. The zero-order valence-electron chi connectivity index (χ0n) is 24.2. The summed E-state index contributed by atoms with van der Waals surface area (Å²) in [5.41, 5.74) is 7.89. The maximum Gasteiger partial charge on any atom is 0.309 e. The van der Waals surface area contributed by atoms with Gasteiger partial charge in [-0.25, -0.2) is 9.37 Å². The summed E-state index contributed by atoms with van der Waals surface area (Å²) in [4.78, 5) is 40.6. The first-order chi connectivity index (χ1) is 20.7. The van der Waals surface area contributed by atoms with Crippen LogP contribution in [0.15, 0.2) is 45.8 Å². The highest BCUT2D eigenvalue weighted by Crippen LogP contribution is 2.26. The molecule has 0 bridgehead atoms. The van der Waals surface area contributed by atoms with Crippen molar-refractivity contribution in [1.29, 1.82) is 0 Å². The molecule has 1 saturated heterocycles. The second-order valence-corrected chi connectivity index (χ2v) is 11.9. The largest absolute Gasteiger partial charge is 0.461 e. The number of nitrogens with zero attached hydrogens (tertiary/aromatic N) is 8. The molecular formula is C28H33FN10O3S. The van der Waals surface area contributed by atoms with Gasteiger partial charge in [0.1, 0.15) is 10.5 Å². The highest BCUT2D eigenvalue weighted by molar-refractivity contribution is 7.17. The van der Waals surface area contributed by atoms with Gasteiger partial charge in [-0.05, 0) is 51.4 Å². The van der Waals surface area contributed by atoms with Crippen molar-refractivity contribution in [3.8, 4) is 11.6 Å². The number of halogens is 1. The lowest BCUT2D eigenvalue weighted by molar-refractivity contribution is 0.0934. The van der Waals surface area contributed by atoms with Gasteiger partial charge in [0, 0.05) is 57.4 Å². The van der Waals surface area contributed by atoms with Gasteiger partial charge < -0.3 is 25.3 Å². The van der Waals surface area contributed by atoms with Crippen molar-refractivity contribution < 1.29 is 13.6 Å². The quantitative estimate of drug-likeness (QED) is 0.255. The molecule has 226 valence electrons. The summed E-state index contributed by atoms with van der Waals surface area (Å²) >= 11 is 1.06. The van der Waals surface area contributed by atoms with Crippen LogP contribution >= 0.6 is 11.3 Å². The highest BCUT2D eigenvalue weighted by atomic mass is 32.1. The van der Waals surface area contributed by atoms with Gasteiger partial charge in [0.2, 0.25) is 11.8 Å². The van der Waals surface area contributed by atoms with Crippen LogP contribution < -0.4 is 20.8 Å². The predicted octanol–water partition coefficient (Wildman–Crippen LogP) is 1.98.